The first kappa shape index (κ1) is 20.8. The minimum atomic E-state index is -0.0907. The van der Waals surface area contributed by atoms with Crippen molar-refractivity contribution in [3.63, 3.8) is 0 Å². The summed E-state index contributed by atoms with van der Waals surface area (Å²) in [7, 11) is 1.62. The van der Waals surface area contributed by atoms with Crippen molar-refractivity contribution >= 4 is 5.91 Å². The number of benzene rings is 1. The van der Waals surface area contributed by atoms with E-state index < -0.39 is 0 Å². The third-order valence-electron chi connectivity index (χ3n) is 6.25. The van der Waals surface area contributed by atoms with Gasteiger partial charge in [0.1, 0.15) is 12.4 Å². The Bertz CT molecular complexity index is 836. The monoisotopic (exact) mass is 413 g/mol. The smallest absolute Gasteiger partial charge is 0.252 e. The summed E-state index contributed by atoms with van der Waals surface area (Å²) in [5, 5.41) is 4.29. The summed E-state index contributed by atoms with van der Waals surface area (Å²) < 4.78 is 16.0. The number of carbonyl (C=O) groups excluding carboxylic acids is 1. The van der Waals surface area contributed by atoms with E-state index in [4.69, 9.17) is 14.0 Å². The second-order valence-corrected chi connectivity index (χ2v) is 8.51. The largest absolute Gasteiger partial charge is 0.494 e. The number of aromatic nitrogens is 2. The van der Waals surface area contributed by atoms with Crippen LogP contribution >= 0.6 is 0 Å². The highest BCUT2D eigenvalue weighted by atomic mass is 16.5. The van der Waals surface area contributed by atoms with Crippen molar-refractivity contribution in [2.24, 2.45) is 5.92 Å². The summed E-state index contributed by atoms with van der Waals surface area (Å²) in [6.07, 6.45) is 5.83. The number of rotatable bonds is 9. The van der Waals surface area contributed by atoms with Crippen molar-refractivity contribution in [2.45, 2.75) is 57.5 Å². The van der Waals surface area contributed by atoms with Crippen LogP contribution in [0.4, 0.5) is 0 Å². The average molecular weight is 414 g/mol. The molecule has 0 unspecified atom stereocenters. The number of carbonyl (C=O) groups is 1. The van der Waals surface area contributed by atoms with E-state index in [1.165, 1.54) is 12.8 Å². The maximum Gasteiger partial charge on any atom is 0.252 e. The zero-order chi connectivity index (χ0) is 21.0. The van der Waals surface area contributed by atoms with Crippen LogP contribution in [0.1, 0.15) is 56.3 Å². The zero-order valence-electron chi connectivity index (χ0n) is 17.9. The Hall–Kier alpha value is -2.41. The Balaban J connectivity index is 1.38. The molecule has 1 aliphatic heterocycles. The lowest BCUT2D eigenvalue weighted by Gasteiger charge is -2.40. The van der Waals surface area contributed by atoms with E-state index in [9.17, 15) is 4.79 Å². The maximum atomic E-state index is 12.9. The highest BCUT2D eigenvalue weighted by Gasteiger charge is 2.44. The highest BCUT2D eigenvalue weighted by molar-refractivity contribution is 5.79. The molecule has 30 heavy (non-hydrogen) atoms. The van der Waals surface area contributed by atoms with Gasteiger partial charge < -0.3 is 18.9 Å². The fourth-order valence-electron chi connectivity index (χ4n) is 4.39. The second-order valence-electron chi connectivity index (χ2n) is 8.51. The zero-order valence-corrected chi connectivity index (χ0v) is 17.9. The van der Waals surface area contributed by atoms with Crippen LogP contribution in [-0.2, 0) is 28.0 Å². The van der Waals surface area contributed by atoms with Gasteiger partial charge in [0.05, 0.1) is 13.0 Å². The lowest BCUT2D eigenvalue weighted by Crippen LogP contribution is -2.46. The van der Waals surface area contributed by atoms with E-state index in [0.717, 1.165) is 55.4 Å². The molecule has 0 bridgehead atoms. The molecule has 0 atom stereocenters. The summed E-state index contributed by atoms with van der Waals surface area (Å²) in [5.74, 6) is 3.08. The summed E-state index contributed by atoms with van der Waals surface area (Å²) in [6, 6.07) is 7.80. The molecule has 1 aromatic heterocycles. The first-order valence-electron chi connectivity index (χ1n) is 10.9. The number of nitrogens with zero attached hydrogens (tertiary/aromatic N) is 3. The van der Waals surface area contributed by atoms with E-state index in [2.05, 4.69) is 10.1 Å². The van der Waals surface area contributed by atoms with Crippen molar-refractivity contribution in [3.05, 3.63) is 41.5 Å². The van der Waals surface area contributed by atoms with E-state index in [1.54, 1.807) is 7.11 Å². The molecule has 1 aromatic carbocycles. The number of hydrogen-bond donors (Lipinski definition) is 0. The summed E-state index contributed by atoms with van der Waals surface area (Å²) in [5.41, 5.74) is 0.924. The van der Waals surface area contributed by atoms with Gasteiger partial charge in [0.2, 0.25) is 5.91 Å². The fourth-order valence-corrected chi connectivity index (χ4v) is 4.39. The number of methoxy groups -OCH3 is 1. The Labute approximate surface area is 177 Å². The molecule has 0 radical (unpaired) electrons. The number of amides is 1. The molecule has 1 aliphatic carbocycles. The molecule has 1 saturated heterocycles. The van der Waals surface area contributed by atoms with Crippen LogP contribution in [0.15, 0.2) is 28.8 Å². The number of piperidine rings is 1. The molecule has 2 heterocycles. The third kappa shape index (κ3) is 4.83. The Kier molecular flexibility index (Phi) is 6.37. The van der Waals surface area contributed by atoms with Crippen LogP contribution in [0.2, 0.25) is 0 Å². The lowest BCUT2D eigenvalue weighted by atomic mass is 9.73. The van der Waals surface area contributed by atoms with Gasteiger partial charge in [-0.1, -0.05) is 30.1 Å². The van der Waals surface area contributed by atoms with Crippen LogP contribution in [-0.4, -0.2) is 47.8 Å². The number of likely N-dealkylation sites (tertiary alicyclic amines) is 1. The molecule has 2 aromatic rings. The minimum absolute atomic E-state index is 0.0907. The van der Waals surface area contributed by atoms with Crippen molar-refractivity contribution in [1.82, 2.24) is 15.0 Å². The van der Waals surface area contributed by atoms with Gasteiger partial charge in [-0.25, -0.2) is 0 Å². The van der Waals surface area contributed by atoms with Crippen LogP contribution in [0.25, 0.3) is 0 Å². The summed E-state index contributed by atoms with van der Waals surface area (Å²) in [6.45, 7) is 4.40. The first-order chi connectivity index (χ1) is 14.6. The lowest BCUT2D eigenvalue weighted by molar-refractivity contribution is -0.132. The van der Waals surface area contributed by atoms with Gasteiger partial charge in [-0.2, -0.15) is 4.98 Å². The van der Waals surface area contributed by atoms with Gasteiger partial charge in [0.15, 0.2) is 5.82 Å². The Morgan fingerprint density at radius 1 is 1.23 bits per heavy atom. The molecule has 7 nitrogen and oxygen atoms in total. The fraction of sp³-hybridized carbons (Fsp3) is 0.609. The Morgan fingerprint density at radius 2 is 1.97 bits per heavy atom. The van der Waals surface area contributed by atoms with Gasteiger partial charge >= 0.3 is 0 Å². The molecule has 4 rings (SSSR count). The number of hydrogen-bond acceptors (Lipinski definition) is 6. The van der Waals surface area contributed by atoms with E-state index in [0.29, 0.717) is 25.5 Å². The van der Waals surface area contributed by atoms with Crippen LogP contribution in [0.3, 0.4) is 0 Å². The van der Waals surface area contributed by atoms with Crippen molar-refractivity contribution in [3.8, 4) is 5.75 Å². The van der Waals surface area contributed by atoms with Gasteiger partial charge in [-0.05, 0) is 49.8 Å². The van der Waals surface area contributed by atoms with Crippen molar-refractivity contribution in [1.29, 1.82) is 0 Å². The van der Waals surface area contributed by atoms with Gasteiger partial charge in [0.25, 0.3) is 5.89 Å². The Morgan fingerprint density at radius 3 is 2.60 bits per heavy atom. The average Bonchev–Trinajstić information content (AvgIpc) is 3.43. The van der Waals surface area contributed by atoms with Crippen molar-refractivity contribution < 1.29 is 18.8 Å². The molecule has 2 fully saturated rings. The predicted octanol–water partition coefficient (Wildman–Crippen LogP) is 3.52. The SMILES string of the molecule is CCOc1ccc(CC(=O)N2CCC(CC3CC3)(c3noc(COC)n3)CC2)cc1. The first-order valence-corrected chi connectivity index (χ1v) is 10.9. The second kappa shape index (κ2) is 9.16. The molecule has 7 heteroatoms. The standard InChI is InChI=1S/C23H31N3O4/c1-3-29-19-8-6-17(7-9-19)14-21(27)26-12-10-23(11-13-26,15-18-4-5-18)22-24-20(16-28-2)30-25-22/h6-9,18H,3-5,10-16H2,1-2H3. The third-order valence-corrected chi connectivity index (χ3v) is 6.25. The quantitative estimate of drug-likeness (QED) is 0.626. The van der Waals surface area contributed by atoms with Gasteiger partial charge in [0, 0.05) is 25.6 Å². The maximum absolute atomic E-state index is 12.9. The van der Waals surface area contributed by atoms with Gasteiger partial charge in [-0.15, -0.1) is 0 Å². The molecule has 2 aliphatic rings. The van der Waals surface area contributed by atoms with E-state index in [-0.39, 0.29) is 11.3 Å². The molecule has 1 amide bonds. The minimum Gasteiger partial charge on any atom is -0.494 e. The van der Waals surface area contributed by atoms with Crippen molar-refractivity contribution in [2.75, 3.05) is 26.8 Å². The van der Waals surface area contributed by atoms with Gasteiger partial charge in [-0.3, -0.25) is 4.79 Å². The number of ether oxygens (including phenoxy) is 2. The van der Waals surface area contributed by atoms with E-state index in [1.807, 2.05) is 36.1 Å². The molecular formula is C23H31N3O4. The van der Waals surface area contributed by atoms with Crippen LogP contribution in [0, 0.1) is 5.92 Å². The molecular weight excluding hydrogens is 382 g/mol. The van der Waals surface area contributed by atoms with Crippen LogP contribution < -0.4 is 4.74 Å². The normalized spacial score (nSPS) is 18.4. The summed E-state index contributed by atoms with van der Waals surface area (Å²) in [4.78, 5) is 19.5. The molecule has 0 N–H and O–H groups in total. The molecule has 0 spiro atoms. The molecule has 1 saturated carbocycles. The highest BCUT2D eigenvalue weighted by Crippen LogP contribution is 2.46. The van der Waals surface area contributed by atoms with E-state index >= 15 is 0 Å². The molecule has 162 valence electrons. The summed E-state index contributed by atoms with van der Waals surface area (Å²) >= 11 is 0. The topological polar surface area (TPSA) is 77.7 Å². The van der Waals surface area contributed by atoms with Crippen LogP contribution in [0.5, 0.6) is 5.75 Å². The predicted molar refractivity (Wildman–Crippen MR) is 111 cm³/mol.